The van der Waals surface area contributed by atoms with Crippen molar-refractivity contribution in [2.45, 2.75) is 39.5 Å². The van der Waals surface area contributed by atoms with Gasteiger partial charge in [0.2, 0.25) is 5.91 Å². The molecule has 3 aromatic heterocycles. The van der Waals surface area contributed by atoms with Crippen molar-refractivity contribution in [1.82, 2.24) is 19.4 Å². The maximum Gasteiger partial charge on any atom is 0.316 e. The van der Waals surface area contributed by atoms with Crippen molar-refractivity contribution in [3.8, 4) is 23.0 Å². The van der Waals surface area contributed by atoms with Crippen LogP contribution in [0.4, 0.5) is 14.5 Å². The molecule has 0 unspecified atom stereocenters. The highest BCUT2D eigenvalue weighted by molar-refractivity contribution is 5.95. The monoisotopic (exact) mass is 583 g/mol. The third-order valence-corrected chi connectivity index (χ3v) is 7.79. The first-order valence-electron chi connectivity index (χ1n) is 14.2. The van der Waals surface area contributed by atoms with Gasteiger partial charge in [0.1, 0.15) is 17.3 Å². The molecule has 8 nitrogen and oxygen atoms in total. The Bertz CT molecular complexity index is 1820. The van der Waals surface area contributed by atoms with Crippen molar-refractivity contribution in [2.24, 2.45) is 0 Å². The molecule has 1 amide bonds. The van der Waals surface area contributed by atoms with E-state index in [0.717, 1.165) is 5.56 Å². The number of carbonyl (C=O) groups excluding carboxylic acids is 1. The molecule has 1 fully saturated rings. The minimum Gasteiger partial charge on any atom is -0.366 e. The average molecular weight is 584 g/mol. The lowest BCUT2D eigenvalue weighted by Gasteiger charge is -2.36. The summed E-state index contributed by atoms with van der Waals surface area (Å²) >= 11 is 0. The van der Waals surface area contributed by atoms with Gasteiger partial charge in [-0.3, -0.25) is 19.1 Å². The third kappa shape index (κ3) is 5.16. The van der Waals surface area contributed by atoms with Gasteiger partial charge in [-0.05, 0) is 47.7 Å². The fraction of sp³-hybridized carbons (Fsp3) is 0.303. The van der Waals surface area contributed by atoms with E-state index in [-0.39, 0.29) is 45.6 Å². The van der Waals surface area contributed by atoms with E-state index >= 15 is 4.39 Å². The molecule has 1 saturated heterocycles. The maximum absolute atomic E-state index is 16.0. The minimum atomic E-state index is -0.778. The van der Waals surface area contributed by atoms with Crippen molar-refractivity contribution in [2.75, 3.05) is 31.1 Å². The van der Waals surface area contributed by atoms with Crippen LogP contribution in [0.1, 0.15) is 56.4 Å². The summed E-state index contributed by atoms with van der Waals surface area (Å²) in [4.78, 5) is 39.5. The Labute approximate surface area is 248 Å². The molecule has 0 aliphatic carbocycles. The van der Waals surface area contributed by atoms with E-state index in [2.05, 4.69) is 22.6 Å². The van der Waals surface area contributed by atoms with Crippen LogP contribution >= 0.6 is 0 Å². The molecule has 1 aromatic carbocycles. The number of aromatic nitrogens is 3. The fourth-order valence-corrected chi connectivity index (χ4v) is 5.66. The van der Waals surface area contributed by atoms with E-state index in [1.807, 2.05) is 38.7 Å². The minimum absolute atomic E-state index is 0.0218. The van der Waals surface area contributed by atoms with Gasteiger partial charge < -0.3 is 9.80 Å². The van der Waals surface area contributed by atoms with Crippen molar-refractivity contribution in [1.29, 1.82) is 0 Å². The molecule has 0 atom stereocenters. The van der Waals surface area contributed by atoms with E-state index in [0.29, 0.717) is 43.2 Å². The van der Waals surface area contributed by atoms with Gasteiger partial charge in [0.25, 0.3) is 5.56 Å². The summed E-state index contributed by atoms with van der Waals surface area (Å²) in [5.74, 6) is -1.75. The standard InChI is InChI=1S/C33H32F2N6O2/c1-6-27(42)39-13-15-40(16-14-39)30-23-17-26(35)29(22-9-7-8-10-25(22)34)38-32(23)41(33(43)24(30)18-36)31-21(19(2)3)11-12-37-28(31)20(4)5/h6-12,17,19-20H,1,13-16H2,2-5H3/p+1. The van der Waals surface area contributed by atoms with Crippen LogP contribution in [0.3, 0.4) is 0 Å². The van der Waals surface area contributed by atoms with Gasteiger partial charge in [0, 0.05) is 43.3 Å². The van der Waals surface area contributed by atoms with Gasteiger partial charge in [0.15, 0.2) is 11.2 Å². The summed E-state index contributed by atoms with van der Waals surface area (Å²) in [6.07, 6.45) is 2.94. The molecule has 1 aliphatic rings. The second kappa shape index (κ2) is 11.8. The maximum atomic E-state index is 16.0. The number of fused-ring (bicyclic) bond motifs is 1. The molecule has 4 aromatic rings. The van der Waals surface area contributed by atoms with Crippen LogP contribution in [0.15, 0.2) is 60.0 Å². The van der Waals surface area contributed by atoms with Crippen LogP contribution < -0.4 is 15.7 Å². The Kier molecular flexibility index (Phi) is 8.09. The Morgan fingerprint density at radius 3 is 2.33 bits per heavy atom. The number of carbonyl (C=O) groups is 1. The highest BCUT2D eigenvalue weighted by Crippen LogP contribution is 2.37. The number of hydrogen-bond donors (Lipinski definition) is 1. The zero-order valence-corrected chi connectivity index (χ0v) is 24.6. The van der Waals surface area contributed by atoms with Gasteiger partial charge in [-0.2, -0.15) is 0 Å². The number of halogens is 2. The summed E-state index contributed by atoms with van der Waals surface area (Å²) in [6.45, 7) is 12.8. The lowest BCUT2D eigenvalue weighted by atomic mass is 9.96. The third-order valence-electron chi connectivity index (χ3n) is 7.79. The normalized spacial score (nSPS) is 13.6. The number of pyridine rings is 3. The molecule has 4 heterocycles. The summed E-state index contributed by atoms with van der Waals surface area (Å²) in [6, 6.07) is 11.2. The van der Waals surface area contributed by atoms with Gasteiger partial charge in [-0.1, -0.05) is 51.7 Å². The SMILES string of the molecule is C=CC(=O)N1CCN(c2c(C#[NH+])c(=O)n(-c3c(C(C)C)ccnc3C(C)C)c3nc(-c4ccccc4F)c(F)cc23)CC1. The summed E-state index contributed by atoms with van der Waals surface area (Å²) in [7, 11) is 0. The quantitative estimate of drug-likeness (QED) is 0.347. The van der Waals surface area contributed by atoms with Crippen molar-refractivity contribution in [3.63, 3.8) is 0 Å². The molecule has 0 radical (unpaired) electrons. The summed E-state index contributed by atoms with van der Waals surface area (Å²) in [5.41, 5.74) is 1.45. The van der Waals surface area contributed by atoms with Crippen molar-refractivity contribution < 1.29 is 18.8 Å². The second-order valence-electron chi connectivity index (χ2n) is 11.1. The van der Waals surface area contributed by atoms with E-state index < -0.39 is 17.2 Å². The molecule has 1 aliphatic heterocycles. The molecule has 43 heavy (non-hydrogen) atoms. The van der Waals surface area contributed by atoms with Crippen LogP contribution in [-0.4, -0.2) is 51.5 Å². The summed E-state index contributed by atoms with van der Waals surface area (Å²) < 4.78 is 32.3. The fourth-order valence-electron chi connectivity index (χ4n) is 5.66. The Hall–Kier alpha value is -4.91. The lowest BCUT2D eigenvalue weighted by molar-refractivity contribution is -0.126. The van der Waals surface area contributed by atoms with Gasteiger partial charge in [-0.25, -0.2) is 13.8 Å². The van der Waals surface area contributed by atoms with Crippen LogP contribution in [0.2, 0.25) is 0 Å². The number of anilines is 1. The largest absolute Gasteiger partial charge is 0.366 e. The Morgan fingerprint density at radius 1 is 1.02 bits per heavy atom. The second-order valence-corrected chi connectivity index (χ2v) is 11.1. The van der Waals surface area contributed by atoms with Crippen molar-refractivity contribution in [3.05, 3.63) is 94.1 Å². The first-order chi connectivity index (χ1) is 20.6. The average Bonchev–Trinajstić information content (AvgIpc) is 3.00. The van der Waals surface area contributed by atoms with E-state index in [1.165, 1.54) is 34.9 Å². The number of nitrogens with one attached hydrogen (secondary N) is 1. The molecule has 5 rings (SSSR count). The van der Waals surface area contributed by atoms with Gasteiger partial charge >= 0.3 is 6.07 Å². The zero-order chi connectivity index (χ0) is 31.0. The number of amides is 1. The molecular formula is C33H33F2N6O2+. The molecule has 0 bridgehead atoms. The van der Waals surface area contributed by atoms with Crippen molar-refractivity contribution >= 4 is 22.6 Å². The molecule has 220 valence electrons. The van der Waals surface area contributed by atoms with Crippen LogP contribution in [0.5, 0.6) is 0 Å². The highest BCUT2D eigenvalue weighted by Gasteiger charge is 2.31. The van der Waals surface area contributed by atoms with Crippen LogP contribution in [0, 0.1) is 17.7 Å². The Morgan fingerprint density at radius 2 is 1.72 bits per heavy atom. The van der Waals surface area contributed by atoms with Gasteiger partial charge in [-0.15, -0.1) is 0 Å². The first-order valence-corrected chi connectivity index (χ1v) is 14.2. The predicted octanol–water partition coefficient (Wildman–Crippen LogP) is 3.93. The number of hydrogen-bond acceptors (Lipinski definition) is 5. The Balaban J connectivity index is 1.91. The lowest BCUT2D eigenvalue weighted by Crippen LogP contribution is -2.49. The number of rotatable bonds is 6. The molecule has 10 heteroatoms. The molecule has 1 N–H and O–H groups in total. The smallest absolute Gasteiger partial charge is 0.316 e. The van der Waals surface area contributed by atoms with E-state index in [9.17, 15) is 14.0 Å². The number of nitrogens with zero attached hydrogens (tertiary/aromatic N) is 5. The summed E-state index contributed by atoms with van der Waals surface area (Å²) in [5, 5.41) is 8.47. The van der Waals surface area contributed by atoms with Gasteiger partial charge in [0.05, 0.1) is 17.1 Å². The molecule has 0 saturated carbocycles. The van der Waals surface area contributed by atoms with E-state index in [1.54, 1.807) is 17.2 Å². The molecular weight excluding hydrogens is 550 g/mol. The number of piperazine rings is 1. The molecule has 0 spiro atoms. The number of benzene rings is 1. The van der Waals surface area contributed by atoms with Crippen LogP contribution in [0.25, 0.3) is 28.0 Å². The zero-order valence-electron chi connectivity index (χ0n) is 24.6. The van der Waals surface area contributed by atoms with E-state index in [4.69, 9.17) is 5.26 Å². The predicted molar refractivity (Wildman–Crippen MR) is 162 cm³/mol. The highest BCUT2D eigenvalue weighted by atomic mass is 19.1. The van der Waals surface area contributed by atoms with Crippen LogP contribution in [-0.2, 0) is 4.79 Å². The topological polar surface area (TPSA) is 95.1 Å². The first kappa shape index (κ1) is 29.6.